The first-order chi connectivity index (χ1) is 12.7. The molecule has 0 N–H and O–H groups in total. The Morgan fingerprint density at radius 2 is 1.00 bits per heavy atom. The highest BCUT2D eigenvalue weighted by Crippen LogP contribution is 2.58. The lowest BCUT2D eigenvalue weighted by Gasteiger charge is -2.48. The van der Waals surface area contributed by atoms with Crippen LogP contribution >= 0.6 is 0 Å². The van der Waals surface area contributed by atoms with Gasteiger partial charge in [-0.05, 0) is 36.1 Å². The largest absolute Gasteiger partial charge is 0.466 e. The first-order valence-corrected chi connectivity index (χ1v) is 9.19. The van der Waals surface area contributed by atoms with Gasteiger partial charge >= 0.3 is 11.9 Å². The van der Waals surface area contributed by atoms with Crippen LogP contribution in [-0.2, 0) is 19.1 Å². The van der Waals surface area contributed by atoms with Gasteiger partial charge in [-0.25, -0.2) is 0 Å². The van der Waals surface area contributed by atoms with Gasteiger partial charge in [0.25, 0.3) is 0 Å². The summed E-state index contributed by atoms with van der Waals surface area (Å²) in [6.45, 7) is 4.18. The average Bonchev–Trinajstić information content (AvgIpc) is 2.67. The van der Waals surface area contributed by atoms with E-state index in [4.69, 9.17) is 9.47 Å². The van der Waals surface area contributed by atoms with Crippen molar-refractivity contribution >= 4 is 11.9 Å². The lowest BCUT2D eigenvalue weighted by atomic mass is 9.54. The molecule has 0 amide bonds. The Labute approximate surface area is 153 Å². The molecule has 3 aliphatic rings. The molecule has 0 aliphatic heterocycles. The normalized spacial score (nSPS) is 25.2. The van der Waals surface area contributed by atoms with Crippen molar-refractivity contribution < 1.29 is 19.1 Å². The molecule has 0 fully saturated rings. The Bertz CT molecular complexity index is 739. The molecule has 0 radical (unpaired) electrons. The fourth-order valence-corrected chi connectivity index (χ4v) is 4.72. The van der Waals surface area contributed by atoms with Crippen LogP contribution in [0.3, 0.4) is 0 Å². The van der Waals surface area contributed by atoms with E-state index in [1.165, 1.54) is 0 Å². The third kappa shape index (κ3) is 2.36. The molecule has 0 aromatic heterocycles. The van der Waals surface area contributed by atoms with E-state index >= 15 is 0 Å². The fraction of sp³-hybridized carbons (Fsp3) is 0.364. The highest BCUT2D eigenvalue weighted by Gasteiger charge is 2.56. The molecule has 134 valence electrons. The van der Waals surface area contributed by atoms with Crippen LogP contribution in [0.15, 0.2) is 48.5 Å². The van der Waals surface area contributed by atoms with Crippen LogP contribution in [-0.4, -0.2) is 25.2 Å². The van der Waals surface area contributed by atoms with Gasteiger partial charge in [0.05, 0.1) is 25.0 Å². The van der Waals surface area contributed by atoms with Crippen molar-refractivity contribution in [3.05, 3.63) is 70.8 Å². The second-order valence-corrected chi connectivity index (χ2v) is 6.77. The summed E-state index contributed by atoms with van der Waals surface area (Å²) in [5.41, 5.74) is 4.48. The van der Waals surface area contributed by atoms with Crippen molar-refractivity contribution in [3.8, 4) is 0 Å². The molecule has 2 atom stereocenters. The molecule has 0 heterocycles. The third-order valence-corrected chi connectivity index (χ3v) is 5.55. The van der Waals surface area contributed by atoms with E-state index in [2.05, 4.69) is 24.3 Å². The topological polar surface area (TPSA) is 52.6 Å². The molecule has 5 rings (SSSR count). The highest BCUT2D eigenvalue weighted by molar-refractivity contribution is 5.87. The van der Waals surface area contributed by atoms with Gasteiger partial charge in [0.1, 0.15) is 0 Å². The van der Waals surface area contributed by atoms with Gasteiger partial charge in [-0.15, -0.1) is 0 Å². The van der Waals surface area contributed by atoms with Crippen molar-refractivity contribution in [1.29, 1.82) is 0 Å². The second kappa shape index (κ2) is 6.60. The lowest BCUT2D eigenvalue weighted by Crippen LogP contribution is -2.48. The molecule has 26 heavy (non-hydrogen) atoms. The zero-order chi connectivity index (χ0) is 18.3. The van der Waals surface area contributed by atoms with Crippen LogP contribution < -0.4 is 0 Å². The summed E-state index contributed by atoms with van der Waals surface area (Å²) in [6.07, 6.45) is 0. The number of carbonyl (C=O) groups is 2. The van der Waals surface area contributed by atoms with Crippen LogP contribution in [0.1, 0.15) is 47.9 Å². The summed E-state index contributed by atoms with van der Waals surface area (Å²) in [5.74, 6) is -2.09. The van der Waals surface area contributed by atoms with Crippen LogP contribution in [0.5, 0.6) is 0 Å². The van der Waals surface area contributed by atoms with E-state index in [-0.39, 0.29) is 23.8 Å². The quantitative estimate of drug-likeness (QED) is 0.790. The van der Waals surface area contributed by atoms with E-state index in [0.717, 1.165) is 22.3 Å². The predicted octanol–water partition coefficient (Wildman–Crippen LogP) is 3.64. The molecule has 2 aromatic rings. The smallest absolute Gasteiger partial charge is 0.310 e. The summed E-state index contributed by atoms with van der Waals surface area (Å²) < 4.78 is 10.8. The van der Waals surface area contributed by atoms with Crippen molar-refractivity contribution in [2.24, 2.45) is 11.8 Å². The number of rotatable bonds is 4. The van der Waals surface area contributed by atoms with Crippen molar-refractivity contribution in [2.75, 3.05) is 13.2 Å². The molecule has 0 saturated carbocycles. The maximum absolute atomic E-state index is 12.9. The Balaban J connectivity index is 1.94. The second-order valence-electron chi connectivity index (χ2n) is 6.77. The van der Waals surface area contributed by atoms with Crippen molar-refractivity contribution in [1.82, 2.24) is 0 Å². The van der Waals surface area contributed by atoms with Crippen LogP contribution in [0.4, 0.5) is 0 Å². The molecule has 2 aromatic carbocycles. The Hall–Kier alpha value is -2.62. The molecular weight excluding hydrogens is 328 g/mol. The van der Waals surface area contributed by atoms with E-state index in [1.807, 2.05) is 24.3 Å². The van der Waals surface area contributed by atoms with Gasteiger partial charge in [0, 0.05) is 11.8 Å². The first kappa shape index (κ1) is 16.8. The number of hydrogen-bond acceptors (Lipinski definition) is 4. The molecular formula is C22H22O4. The number of hydrogen-bond donors (Lipinski definition) is 0. The van der Waals surface area contributed by atoms with E-state index in [1.54, 1.807) is 13.8 Å². The molecule has 0 spiro atoms. The SMILES string of the molecule is CCOC(=O)[C@H]1C2c3ccccc3C(c3ccccc32)[C@@H]1C(=O)OCC. The van der Waals surface area contributed by atoms with E-state index in [0.29, 0.717) is 13.2 Å². The molecule has 3 aliphatic carbocycles. The van der Waals surface area contributed by atoms with Gasteiger partial charge in [-0.2, -0.15) is 0 Å². The zero-order valence-electron chi connectivity index (χ0n) is 15.0. The average molecular weight is 350 g/mol. The minimum Gasteiger partial charge on any atom is -0.466 e. The van der Waals surface area contributed by atoms with Crippen LogP contribution in [0, 0.1) is 11.8 Å². The molecule has 0 saturated heterocycles. The van der Waals surface area contributed by atoms with Gasteiger partial charge in [0.2, 0.25) is 0 Å². The summed E-state index contributed by atoms with van der Waals surface area (Å²) in [4.78, 5) is 25.8. The molecule has 0 unspecified atom stereocenters. The third-order valence-electron chi connectivity index (χ3n) is 5.55. The summed E-state index contributed by atoms with van der Waals surface area (Å²) in [7, 11) is 0. The molecule has 4 heteroatoms. The molecule has 4 nitrogen and oxygen atoms in total. The van der Waals surface area contributed by atoms with E-state index in [9.17, 15) is 9.59 Å². The number of esters is 2. The van der Waals surface area contributed by atoms with E-state index < -0.39 is 11.8 Å². The van der Waals surface area contributed by atoms with Crippen LogP contribution in [0.2, 0.25) is 0 Å². The number of ether oxygens (including phenoxy) is 2. The number of fused-ring (bicyclic) bond motifs is 1. The van der Waals surface area contributed by atoms with Crippen LogP contribution in [0.25, 0.3) is 0 Å². The monoisotopic (exact) mass is 350 g/mol. The predicted molar refractivity (Wildman–Crippen MR) is 96.8 cm³/mol. The zero-order valence-corrected chi connectivity index (χ0v) is 15.0. The highest BCUT2D eigenvalue weighted by atomic mass is 16.5. The van der Waals surface area contributed by atoms with Gasteiger partial charge in [-0.1, -0.05) is 48.5 Å². The maximum atomic E-state index is 12.9. The lowest BCUT2D eigenvalue weighted by molar-refractivity contribution is -0.163. The van der Waals surface area contributed by atoms with Crippen molar-refractivity contribution in [2.45, 2.75) is 25.7 Å². The van der Waals surface area contributed by atoms with Crippen molar-refractivity contribution in [3.63, 3.8) is 0 Å². The Morgan fingerprint density at radius 3 is 1.27 bits per heavy atom. The fourth-order valence-electron chi connectivity index (χ4n) is 4.72. The Kier molecular flexibility index (Phi) is 4.27. The summed E-state index contributed by atoms with van der Waals surface area (Å²) in [6, 6.07) is 16.2. The standard InChI is InChI=1S/C22H22O4/c1-3-25-21(23)19-17-13-9-5-7-11-15(13)18(20(19)22(24)26-4-2)16-12-8-6-10-14(16)17/h5-12,17-20H,3-4H2,1-2H3/t17?,18?,19-,20-/m0/s1. The minimum absolute atomic E-state index is 0.180. The summed E-state index contributed by atoms with van der Waals surface area (Å²) >= 11 is 0. The number of benzene rings is 2. The van der Waals surface area contributed by atoms with Gasteiger partial charge in [-0.3, -0.25) is 9.59 Å². The van der Waals surface area contributed by atoms with Gasteiger partial charge in [0.15, 0.2) is 0 Å². The Morgan fingerprint density at radius 1 is 0.692 bits per heavy atom. The minimum atomic E-state index is -0.552. The first-order valence-electron chi connectivity index (χ1n) is 9.19. The number of carbonyl (C=O) groups excluding carboxylic acids is 2. The molecule has 2 bridgehead atoms. The maximum Gasteiger partial charge on any atom is 0.310 e. The summed E-state index contributed by atoms with van der Waals surface area (Å²) in [5, 5.41) is 0. The van der Waals surface area contributed by atoms with Gasteiger partial charge < -0.3 is 9.47 Å².